The van der Waals surface area contributed by atoms with Gasteiger partial charge in [0.15, 0.2) is 0 Å². The summed E-state index contributed by atoms with van der Waals surface area (Å²) in [6.07, 6.45) is 0. The Kier molecular flexibility index (Phi) is 6.90. The maximum Gasteiger partial charge on any atom is 0.0809 e. The first-order valence-electron chi connectivity index (χ1n) is 5.13. The summed E-state index contributed by atoms with van der Waals surface area (Å²) >= 11 is 42.2. The molecule has 0 bridgehead atoms. The van der Waals surface area contributed by atoms with Gasteiger partial charge < -0.3 is 0 Å². The highest BCUT2D eigenvalue weighted by atomic mass is 35.5. The van der Waals surface area contributed by atoms with Crippen LogP contribution in [0.3, 0.4) is 0 Å². The van der Waals surface area contributed by atoms with Gasteiger partial charge in [0.05, 0.1) is 30.0 Å². The molecule has 2 rings (SSSR count). The Morgan fingerprint density at radius 1 is 0.524 bits per heavy atom. The average Bonchev–Trinajstić information content (AvgIpc) is 2.42. The molecule has 2 aromatic carbocycles. The third kappa shape index (κ3) is 4.37. The number of halogens is 7. The quantitative estimate of drug-likeness (QED) is 0.255. The normalized spacial score (nSPS) is 11.0. The third-order valence-corrected chi connectivity index (χ3v) is 7.58. The van der Waals surface area contributed by atoms with Gasteiger partial charge in [-0.05, 0) is 29.0 Å². The molecule has 0 radical (unpaired) electrons. The van der Waals surface area contributed by atoms with Gasteiger partial charge in [-0.25, -0.2) is 0 Å². The van der Waals surface area contributed by atoms with Gasteiger partial charge in [0.1, 0.15) is 0 Å². The van der Waals surface area contributed by atoms with Gasteiger partial charge in [0, 0.05) is 14.9 Å². The van der Waals surface area contributed by atoms with Crippen molar-refractivity contribution in [1.29, 1.82) is 0 Å². The molecule has 0 nitrogen and oxygen atoms in total. The molecule has 0 N–H and O–H groups in total. The standard InChI is InChI=1S/C12H3Cl7S2/c13-4-1-5(14)3-6(2-4)20-21-12-10(18)8(16)7(15)9(17)11(12)19/h1-3H. The number of hydrogen-bond donors (Lipinski definition) is 0. The summed E-state index contributed by atoms with van der Waals surface area (Å²) < 4.78 is 0. The lowest BCUT2D eigenvalue weighted by Gasteiger charge is -2.11. The smallest absolute Gasteiger partial charge is 0.0809 e. The summed E-state index contributed by atoms with van der Waals surface area (Å²) in [5.41, 5.74) is 0. The van der Waals surface area contributed by atoms with Gasteiger partial charge in [-0.3, -0.25) is 0 Å². The molecular weight excluding hydrogens is 456 g/mol. The van der Waals surface area contributed by atoms with Crippen LogP contribution in [0.2, 0.25) is 35.2 Å². The molecule has 0 aliphatic heterocycles. The summed E-state index contributed by atoms with van der Waals surface area (Å²) in [5, 5.41) is 2.04. The summed E-state index contributed by atoms with van der Waals surface area (Å²) in [7, 11) is 2.66. The van der Waals surface area contributed by atoms with Crippen LogP contribution in [0.5, 0.6) is 0 Å². The first-order chi connectivity index (χ1) is 9.81. The monoisotopic (exact) mass is 456 g/mol. The Labute approximate surface area is 164 Å². The SMILES string of the molecule is Clc1cc(Cl)cc(SSc2c(Cl)c(Cl)c(Cl)c(Cl)c2Cl)c1. The molecule has 0 saturated heterocycles. The maximum absolute atomic E-state index is 6.16. The molecule has 0 aliphatic rings. The van der Waals surface area contributed by atoms with Crippen LogP contribution in [0.1, 0.15) is 0 Å². The van der Waals surface area contributed by atoms with E-state index in [-0.39, 0.29) is 25.1 Å². The average molecular weight is 459 g/mol. The molecule has 9 heteroatoms. The van der Waals surface area contributed by atoms with Crippen molar-refractivity contribution in [2.45, 2.75) is 9.79 Å². The zero-order chi connectivity index (χ0) is 15.7. The molecule has 2 aromatic rings. The minimum atomic E-state index is 0.133. The molecule has 0 unspecified atom stereocenters. The molecule has 0 aliphatic carbocycles. The van der Waals surface area contributed by atoms with E-state index in [9.17, 15) is 0 Å². The van der Waals surface area contributed by atoms with Crippen LogP contribution < -0.4 is 0 Å². The van der Waals surface area contributed by atoms with Crippen molar-refractivity contribution in [2.75, 3.05) is 0 Å². The second-order valence-electron chi connectivity index (χ2n) is 3.67. The lowest BCUT2D eigenvalue weighted by atomic mass is 10.3. The Hall–Kier alpha value is 1.17. The zero-order valence-corrected chi connectivity index (χ0v) is 16.6. The fourth-order valence-electron chi connectivity index (χ4n) is 1.32. The zero-order valence-electron chi connectivity index (χ0n) is 9.69. The van der Waals surface area contributed by atoms with Gasteiger partial charge in [0.2, 0.25) is 0 Å². The van der Waals surface area contributed by atoms with Gasteiger partial charge in [-0.1, -0.05) is 92.0 Å². The molecule has 0 amide bonds. The van der Waals surface area contributed by atoms with E-state index < -0.39 is 0 Å². The van der Waals surface area contributed by atoms with Crippen LogP contribution in [0.4, 0.5) is 0 Å². The predicted octanol–water partition coefficient (Wildman–Crippen LogP) is 9.06. The minimum absolute atomic E-state index is 0.133. The molecule has 21 heavy (non-hydrogen) atoms. The van der Waals surface area contributed by atoms with E-state index in [4.69, 9.17) is 81.2 Å². The van der Waals surface area contributed by atoms with E-state index >= 15 is 0 Å². The van der Waals surface area contributed by atoms with Crippen LogP contribution >= 0.6 is 103 Å². The molecule has 0 saturated carbocycles. The van der Waals surface area contributed by atoms with E-state index in [0.29, 0.717) is 14.9 Å². The molecule has 112 valence electrons. The van der Waals surface area contributed by atoms with E-state index in [1.165, 1.54) is 21.6 Å². The van der Waals surface area contributed by atoms with Crippen LogP contribution in [0.15, 0.2) is 28.0 Å². The molecule has 0 spiro atoms. The van der Waals surface area contributed by atoms with E-state index in [0.717, 1.165) is 4.90 Å². The highest BCUT2D eigenvalue weighted by Crippen LogP contribution is 2.52. The predicted molar refractivity (Wildman–Crippen MR) is 99.7 cm³/mol. The lowest BCUT2D eigenvalue weighted by Crippen LogP contribution is -1.82. The van der Waals surface area contributed by atoms with E-state index in [1.54, 1.807) is 18.2 Å². The minimum Gasteiger partial charge on any atom is -0.0842 e. The second kappa shape index (κ2) is 7.83. The Balaban J connectivity index is 2.32. The summed E-state index contributed by atoms with van der Waals surface area (Å²) in [4.78, 5) is 1.37. The highest BCUT2D eigenvalue weighted by molar-refractivity contribution is 8.76. The van der Waals surface area contributed by atoms with E-state index in [1.807, 2.05) is 0 Å². The van der Waals surface area contributed by atoms with Crippen molar-refractivity contribution >= 4 is 103 Å². The highest BCUT2D eigenvalue weighted by Gasteiger charge is 2.20. The fraction of sp³-hybridized carbons (Fsp3) is 0. The van der Waals surface area contributed by atoms with Crippen molar-refractivity contribution in [3.05, 3.63) is 53.4 Å². The van der Waals surface area contributed by atoms with Gasteiger partial charge in [-0.2, -0.15) is 0 Å². The van der Waals surface area contributed by atoms with Crippen molar-refractivity contribution in [3.8, 4) is 0 Å². The fourth-order valence-corrected chi connectivity index (χ4v) is 5.94. The van der Waals surface area contributed by atoms with Crippen LogP contribution in [-0.2, 0) is 0 Å². The van der Waals surface area contributed by atoms with Crippen molar-refractivity contribution in [2.24, 2.45) is 0 Å². The van der Waals surface area contributed by atoms with Crippen LogP contribution in [-0.4, -0.2) is 0 Å². The number of rotatable bonds is 3. The van der Waals surface area contributed by atoms with Gasteiger partial charge >= 0.3 is 0 Å². The van der Waals surface area contributed by atoms with Crippen molar-refractivity contribution in [3.63, 3.8) is 0 Å². The molecule has 0 atom stereocenters. The molecule has 0 fully saturated rings. The van der Waals surface area contributed by atoms with Gasteiger partial charge in [0.25, 0.3) is 0 Å². The first-order valence-corrected chi connectivity index (χ1v) is 9.93. The number of hydrogen-bond acceptors (Lipinski definition) is 2. The van der Waals surface area contributed by atoms with Crippen LogP contribution in [0.25, 0.3) is 0 Å². The third-order valence-electron chi connectivity index (χ3n) is 2.23. The largest absolute Gasteiger partial charge is 0.0842 e. The Morgan fingerprint density at radius 2 is 0.952 bits per heavy atom. The maximum atomic E-state index is 6.16. The van der Waals surface area contributed by atoms with Crippen molar-refractivity contribution in [1.82, 2.24) is 0 Å². The Bertz CT molecular complexity index is 653. The molecule has 0 heterocycles. The Morgan fingerprint density at radius 3 is 1.43 bits per heavy atom. The van der Waals surface area contributed by atoms with Crippen LogP contribution in [0, 0.1) is 0 Å². The van der Waals surface area contributed by atoms with E-state index in [2.05, 4.69) is 0 Å². The molecular formula is C12H3Cl7S2. The van der Waals surface area contributed by atoms with Crippen molar-refractivity contribution < 1.29 is 0 Å². The second-order valence-corrected chi connectivity index (χ2v) is 8.65. The summed E-state index contributed by atoms with van der Waals surface area (Å²) in [5.74, 6) is 0. The topological polar surface area (TPSA) is 0 Å². The summed E-state index contributed by atoms with van der Waals surface area (Å²) in [6.45, 7) is 0. The summed E-state index contributed by atoms with van der Waals surface area (Å²) in [6, 6.07) is 5.19. The molecule has 0 aromatic heterocycles. The lowest BCUT2D eigenvalue weighted by molar-refractivity contribution is 1.46. The first kappa shape index (κ1) is 18.5. The van der Waals surface area contributed by atoms with Gasteiger partial charge in [-0.15, -0.1) is 0 Å². The number of benzene rings is 2.